The van der Waals surface area contributed by atoms with Crippen LogP contribution in [0.4, 0.5) is 5.69 Å². The van der Waals surface area contributed by atoms with Crippen molar-refractivity contribution in [2.24, 2.45) is 0 Å². The summed E-state index contributed by atoms with van der Waals surface area (Å²) in [6, 6.07) is 11.7. The average Bonchev–Trinajstić information content (AvgIpc) is 2.92. The zero-order valence-electron chi connectivity index (χ0n) is 17.1. The molecule has 1 N–H and O–H groups in total. The lowest BCUT2D eigenvalue weighted by molar-refractivity contribution is 0.0920. The largest absolute Gasteiger partial charge is 0.494 e. The highest BCUT2D eigenvalue weighted by molar-refractivity contribution is 6.34. The molecule has 6 nitrogen and oxygen atoms in total. The second-order valence-corrected chi connectivity index (χ2v) is 7.79. The first-order valence-corrected chi connectivity index (χ1v) is 10.6. The zero-order valence-corrected chi connectivity index (χ0v) is 17.1. The van der Waals surface area contributed by atoms with Gasteiger partial charge < -0.3 is 10.1 Å². The minimum absolute atomic E-state index is 0.172. The maximum absolute atomic E-state index is 13.0. The van der Waals surface area contributed by atoms with Crippen LogP contribution >= 0.6 is 0 Å². The number of benzene rings is 2. The molecule has 0 radical (unpaired) electrons. The van der Waals surface area contributed by atoms with E-state index in [4.69, 9.17) is 4.74 Å². The van der Waals surface area contributed by atoms with Gasteiger partial charge >= 0.3 is 0 Å². The van der Waals surface area contributed by atoms with E-state index in [0.29, 0.717) is 29.2 Å². The molecule has 30 heavy (non-hydrogen) atoms. The summed E-state index contributed by atoms with van der Waals surface area (Å²) in [4.78, 5) is 39.7. The minimum atomic E-state index is -0.414. The van der Waals surface area contributed by atoms with Gasteiger partial charge in [0, 0.05) is 11.6 Å². The van der Waals surface area contributed by atoms with Gasteiger partial charge in [0.25, 0.3) is 17.7 Å². The summed E-state index contributed by atoms with van der Waals surface area (Å²) in [6.07, 6.45) is 6.64. The van der Waals surface area contributed by atoms with Gasteiger partial charge in [-0.05, 0) is 62.2 Å². The Labute approximate surface area is 176 Å². The van der Waals surface area contributed by atoms with Crippen LogP contribution < -0.4 is 15.0 Å². The molecular weight excluding hydrogens is 380 g/mol. The fourth-order valence-corrected chi connectivity index (χ4v) is 4.17. The van der Waals surface area contributed by atoms with Crippen molar-refractivity contribution in [3.8, 4) is 5.75 Å². The monoisotopic (exact) mass is 406 g/mol. The molecule has 1 aliphatic carbocycles. The van der Waals surface area contributed by atoms with E-state index >= 15 is 0 Å². The first-order valence-electron chi connectivity index (χ1n) is 10.6. The van der Waals surface area contributed by atoms with Gasteiger partial charge in [-0.3, -0.25) is 14.4 Å². The summed E-state index contributed by atoms with van der Waals surface area (Å²) in [5, 5.41) is 3.09. The lowest BCUT2D eigenvalue weighted by atomic mass is 10.0. The highest BCUT2D eigenvalue weighted by Crippen LogP contribution is 2.30. The number of rotatable bonds is 5. The van der Waals surface area contributed by atoms with Gasteiger partial charge in [-0.2, -0.15) is 0 Å². The van der Waals surface area contributed by atoms with Crippen molar-refractivity contribution < 1.29 is 19.1 Å². The lowest BCUT2D eigenvalue weighted by Crippen LogP contribution is -2.34. The number of hydrogen-bond donors (Lipinski definition) is 1. The summed E-state index contributed by atoms with van der Waals surface area (Å²) < 4.78 is 5.42. The number of nitrogens with one attached hydrogen (secondary N) is 1. The van der Waals surface area contributed by atoms with Gasteiger partial charge in [-0.15, -0.1) is 0 Å². The molecule has 6 heteroatoms. The van der Waals surface area contributed by atoms with Crippen molar-refractivity contribution in [2.45, 2.75) is 51.5 Å². The third-order valence-corrected chi connectivity index (χ3v) is 5.75. The van der Waals surface area contributed by atoms with Crippen molar-refractivity contribution in [1.82, 2.24) is 5.32 Å². The molecule has 2 aliphatic rings. The summed E-state index contributed by atoms with van der Waals surface area (Å²) in [6.45, 7) is 2.43. The number of hydrogen-bond acceptors (Lipinski definition) is 4. The quantitative estimate of drug-likeness (QED) is 0.592. The fourth-order valence-electron chi connectivity index (χ4n) is 4.17. The smallest absolute Gasteiger partial charge is 0.266 e. The van der Waals surface area contributed by atoms with Crippen LogP contribution in [0.3, 0.4) is 0 Å². The summed E-state index contributed by atoms with van der Waals surface area (Å²) in [5.41, 5.74) is 1.48. The van der Waals surface area contributed by atoms with Crippen LogP contribution in [-0.2, 0) is 0 Å². The van der Waals surface area contributed by atoms with Crippen molar-refractivity contribution >= 4 is 23.4 Å². The van der Waals surface area contributed by atoms with Gasteiger partial charge in [0.05, 0.1) is 23.4 Å². The molecule has 0 atom stereocenters. The summed E-state index contributed by atoms with van der Waals surface area (Å²) in [5.74, 6) is -0.307. The van der Waals surface area contributed by atoms with Crippen molar-refractivity contribution in [3.63, 3.8) is 0 Å². The Bertz CT molecular complexity index is 960. The van der Waals surface area contributed by atoms with Crippen LogP contribution in [0, 0.1) is 0 Å². The molecule has 2 aromatic rings. The van der Waals surface area contributed by atoms with Crippen molar-refractivity contribution in [3.05, 3.63) is 59.2 Å². The molecule has 1 heterocycles. The van der Waals surface area contributed by atoms with Crippen molar-refractivity contribution in [1.29, 1.82) is 0 Å². The van der Waals surface area contributed by atoms with E-state index < -0.39 is 5.91 Å². The third kappa shape index (κ3) is 3.95. The predicted molar refractivity (Wildman–Crippen MR) is 114 cm³/mol. The highest BCUT2D eigenvalue weighted by atomic mass is 16.5. The summed E-state index contributed by atoms with van der Waals surface area (Å²) >= 11 is 0. The maximum Gasteiger partial charge on any atom is 0.266 e. The van der Waals surface area contributed by atoms with E-state index in [1.165, 1.54) is 18.9 Å². The molecule has 4 rings (SSSR count). The number of carbonyl (C=O) groups excluding carboxylic acids is 3. The molecular formula is C24H26N2O4. The first-order chi connectivity index (χ1) is 14.6. The molecule has 2 aromatic carbocycles. The Morgan fingerprint density at radius 2 is 1.63 bits per heavy atom. The number of nitrogens with zero attached hydrogens (tertiary/aromatic N) is 1. The van der Waals surface area contributed by atoms with Gasteiger partial charge in [-0.25, -0.2) is 4.90 Å². The van der Waals surface area contributed by atoms with Crippen LogP contribution in [0.15, 0.2) is 42.5 Å². The SMILES string of the molecule is CCOc1ccc(N2C(=O)c3ccc(C(=O)NC4CCCCCC4)cc3C2=O)cc1. The molecule has 1 aliphatic heterocycles. The topological polar surface area (TPSA) is 75.7 Å². The number of fused-ring (bicyclic) bond motifs is 1. The van der Waals surface area contributed by atoms with Gasteiger partial charge in [0.2, 0.25) is 0 Å². The Morgan fingerprint density at radius 1 is 0.967 bits per heavy atom. The Kier molecular flexibility index (Phi) is 5.84. The molecule has 0 aromatic heterocycles. The van der Waals surface area contributed by atoms with Crippen LogP contribution in [0.1, 0.15) is 76.5 Å². The first kappa shape index (κ1) is 20.1. The van der Waals surface area contributed by atoms with Crippen LogP contribution in [0.5, 0.6) is 5.75 Å². The minimum Gasteiger partial charge on any atom is -0.494 e. The summed E-state index contributed by atoms with van der Waals surface area (Å²) in [7, 11) is 0. The molecule has 1 saturated carbocycles. The number of amides is 3. The van der Waals surface area contributed by atoms with Crippen molar-refractivity contribution in [2.75, 3.05) is 11.5 Å². The lowest BCUT2D eigenvalue weighted by Gasteiger charge is -2.16. The van der Waals surface area contributed by atoms with Gasteiger partial charge in [-0.1, -0.05) is 25.7 Å². The third-order valence-electron chi connectivity index (χ3n) is 5.75. The number of imide groups is 1. The maximum atomic E-state index is 13.0. The second kappa shape index (κ2) is 8.69. The normalized spacial score (nSPS) is 16.9. The number of carbonyl (C=O) groups is 3. The molecule has 156 valence electrons. The second-order valence-electron chi connectivity index (χ2n) is 7.79. The van der Waals surface area contributed by atoms with E-state index in [9.17, 15) is 14.4 Å². The highest BCUT2D eigenvalue weighted by Gasteiger charge is 2.37. The Morgan fingerprint density at radius 3 is 2.30 bits per heavy atom. The Balaban J connectivity index is 1.53. The van der Waals surface area contributed by atoms with E-state index in [2.05, 4.69) is 5.32 Å². The predicted octanol–water partition coefficient (Wildman–Crippen LogP) is 4.34. The number of anilines is 1. The zero-order chi connectivity index (χ0) is 21.1. The van der Waals surface area contributed by atoms with E-state index in [-0.39, 0.29) is 23.4 Å². The Hall–Kier alpha value is -3.15. The van der Waals surface area contributed by atoms with E-state index in [1.54, 1.807) is 36.4 Å². The van der Waals surface area contributed by atoms with Crippen LogP contribution in [0.2, 0.25) is 0 Å². The number of ether oxygens (including phenoxy) is 1. The fraction of sp³-hybridized carbons (Fsp3) is 0.375. The average molecular weight is 406 g/mol. The van der Waals surface area contributed by atoms with Crippen LogP contribution in [-0.4, -0.2) is 30.4 Å². The standard InChI is InChI=1S/C24H26N2O4/c1-2-30-19-12-10-18(11-13-19)26-23(28)20-14-9-16(15-21(20)24(26)29)22(27)25-17-7-5-3-4-6-8-17/h9-15,17H,2-8H2,1H3,(H,25,27). The van der Waals surface area contributed by atoms with E-state index in [1.807, 2.05) is 6.92 Å². The molecule has 0 bridgehead atoms. The molecule has 0 unspecified atom stereocenters. The van der Waals surface area contributed by atoms with Gasteiger partial charge in [0.1, 0.15) is 5.75 Å². The van der Waals surface area contributed by atoms with Gasteiger partial charge in [0.15, 0.2) is 0 Å². The van der Waals surface area contributed by atoms with E-state index in [0.717, 1.165) is 30.6 Å². The molecule has 0 spiro atoms. The molecule has 3 amide bonds. The molecule has 0 saturated heterocycles. The molecule has 1 fully saturated rings. The van der Waals surface area contributed by atoms with Crippen LogP contribution in [0.25, 0.3) is 0 Å².